The fourth-order valence-electron chi connectivity index (χ4n) is 1.90. The molecule has 6 heteroatoms. The van der Waals surface area contributed by atoms with Gasteiger partial charge in [0.25, 0.3) is 0 Å². The van der Waals surface area contributed by atoms with Gasteiger partial charge in [0.2, 0.25) is 0 Å². The Morgan fingerprint density at radius 3 is 2.94 bits per heavy atom. The molecule has 0 radical (unpaired) electrons. The standard InChI is InChI=1S/C10H13BrN2O2S/c1-8-7-16(14,15)6-5-13(8)10-9(11)3-2-4-12-10/h2-4,8H,5-7H2,1H3. The number of halogens is 1. The SMILES string of the molecule is CC1CS(=O)(=O)CCN1c1ncccc1Br. The predicted molar refractivity (Wildman–Crippen MR) is 67.4 cm³/mol. The van der Waals surface area contributed by atoms with Gasteiger partial charge >= 0.3 is 0 Å². The number of anilines is 1. The summed E-state index contributed by atoms with van der Waals surface area (Å²) < 4.78 is 23.8. The normalized spacial score (nSPS) is 24.4. The molecule has 0 saturated carbocycles. The Bertz CT molecular complexity index is 489. The molecule has 16 heavy (non-hydrogen) atoms. The van der Waals surface area contributed by atoms with Gasteiger partial charge in [-0.2, -0.15) is 0 Å². The first-order chi connectivity index (χ1) is 7.49. The van der Waals surface area contributed by atoms with Gasteiger partial charge in [-0.15, -0.1) is 0 Å². The molecular formula is C10H13BrN2O2S. The molecule has 1 aliphatic heterocycles. The number of sulfone groups is 1. The van der Waals surface area contributed by atoms with Gasteiger partial charge in [-0.3, -0.25) is 0 Å². The maximum atomic E-state index is 11.5. The van der Waals surface area contributed by atoms with E-state index in [1.165, 1.54) is 0 Å². The summed E-state index contributed by atoms with van der Waals surface area (Å²) in [6, 6.07) is 3.74. The Morgan fingerprint density at radius 1 is 1.56 bits per heavy atom. The van der Waals surface area contributed by atoms with Gasteiger partial charge in [0.1, 0.15) is 5.82 Å². The quantitative estimate of drug-likeness (QED) is 0.788. The van der Waals surface area contributed by atoms with Crippen LogP contribution in [0.25, 0.3) is 0 Å². The minimum Gasteiger partial charge on any atom is -0.351 e. The first kappa shape index (κ1) is 11.9. The first-order valence-corrected chi connectivity index (χ1v) is 7.68. The van der Waals surface area contributed by atoms with Crippen molar-refractivity contribution in [2.45, 2.75) is 13.0 Å². The summed E-state index contributed by atoms with van der Waals surface area (Å²) in [7, 11) is -2.87. The van der Waals surface area contributed by atoms with Crippen LogP contribution < -0.4 is 4.90 Å². The molecule has 88 valence electrons. The van der Waals surface area contributed by atoms with Crippen LogP contribution in [0.3, 0.4) is 0 Å². The lowest BCUT2D eigenvalue weighted by Gasteiger charge is -2.34. The third-order valence-electron chi connectivity index (χ3n) is 2.68. The fraction of sp³-hybridized carbons (Fsp3) is 0.500. The minimum absolute atomic E-state index is 0.0232. The highest BCUT2D eigenvalue weighted by atomic mass is 79.9. The van der Waals surface area contributed by atoms with Gasteiger partial charge in [-0.1, -0.05) is 0 Å². The van der Waals surface area contributed by atoms with E-state index in [0.29, 0.717) is 6.54 Å². The molecule has 1 atom stereocenters. The highest BCUT2D eigenvalue weighted by Gasteiger charge is 2.29. The summed E-state index contributed by atoms with van der Waals surface area (Å²) in [5.41, 5.74) is 0. The van der Waals surface area contributed by atoms with Gasteiger partial charge < -0.3 is 4.90 Å². The molecule has 1 aromatic heterocycles. The summed E-state index contributed by atoms with van der Waals surface area (Å²) in [6.45, 7) is 2.43. The van der Waals surface area contributed by atoms with E-state index in [4.69, 9.17) is 0 Å². The maximum absolute atomic E-state index is 11.5. The van der Waals surface area contributed by atoms with Crippen molar-refractivity contribution in [2.24, 2.45) is 0 Å². The number of pyridine rings is 1. The monoisotopic (exact) mass is 304 g/mol. The van der Waals surface area contributed by atoms with Crippen molar-refractivity contribution in [2.75, 3.05) is 23.0 Å². The smallest absolute Gasteiger partial charge is 0.154 e. The van der Waals surface area contributed by atoms with Crippen molar-refractivity contribution in [3.8, 4) is 0 Å². The Hall–Kier alpha value is -0.620. The van der Waals surface area contributed by atoms with Crippen LogP contribution in [0.4, 0.5) is 5.82 Å². The molecule has 0 spiro atoms. The van der Waals surface area contributed by atoms with Gasteiger partial charge in [-0.05, 0) is 35.0 Å². The van der Waals surface area contributed by atoms with Crippen LogP contribution in [0, 0.1) is 0 Å². The molecule has 1 fully saturated rings. The zero-order valence-electron chi connectivity index (χ0n) is 8.93. The summed E-state index contributed by atoms with van der Waals surface area (Å²) in [5, 5.41) is 0. The predicted octanol–water partition coefficient (Wildman–Crippen LogP) is 1.47. The van der Waals surface area contributed by atoms with Crippen molar-refractivity contribution in [3.05, 3.63) is 22.8 Å². The van der Waals surface area contributed by atoms with E-state index < -0.39 is 9.84 Å². The van der Waals surface area contributed by atoms with Crippen molar-refractivity contribution < 1.29 is 8.42 Å². The number of rotatable bonds is 1. The lowest BCUT2D eigenvalue weighted by molar-refractivity contribution is 0.566. The van der Waals surface area contributed by atoms with E-state index in [0.717, 1.165) is 10.3 Å². The largest absolute Gasteiger partial charge is 0.351 e. The van der Waals surface area contributed by atoms with Gasteiger partial charge in [-0.25, -0.2) is 13.4 Å². The second kappa shape index (κ2) is 4.33. The van der Waals surface area contributed by atoms with Crippen LogP contribution in [0.15, 0.2) is 22.8 Å². The van der Waals surface area contributed by atoms with Crippen molar-refractivity contribution in [1.82, 2.24) is 4.98 Å². The zero-order valence-corrected chi connectivity index (χ0v) is 11.3. The average molecular weight is 305 g/mol. The molecule has 1 aliphatic rings. The van der Waals surface area contributed by atoms with E-state index in [1.54, 1.807) is 6.20 Å². The number of aromatic nitrogens is 1. The van der Waals surface area contributed by atoms with Gasteiger partial charge in [0, 0.05) is 18.8 Å². The minimum atomic E-state index is -2.87. The third kappa shape index (κ3) is 2.38. The van der Waals surface area contributed by atoms with Crippen molar-refractivity contribution in [1.29, 1.82) is 0 Å². The van der Waals surface area contributed by atoms with Gasteiger partial charge in [0.15, 0.2) is 9.84 Å². The second-order valence-electron chi connectivity index (χ2n) is 3.97. The molecule has 0 aromatic carbocycles. The molecule has 0 amide bonds. The average Bonchev–Trinajstić information content (AvgIpc) is 2.18. The molecule has 1 unspecified atom stereocenters. The number of nitrogens with zero attached hydrogens (tertiary/aromatic N) is 2. The summed E-state index contributed by atoms with van der Waals surface area (Å²) in [4.78, 5) is 6.32. The van der Waals surface area contributed by atoms with Crippen LogP contribution in [0.5, 0.6) is 0 Å². The molecule has 1 aromatic rings. The zero-order chi connectivity index (χ0) is 11.8. The van der Waals surface area contributed by atoms with E-state index in [2.05, 4.69) is 20.9 Å². The van der Waals surface area contributed by atoms with Crippen molar-refractivity contribution >= 4 is 31.6 Å². The van der Waals surface area contributed by atoms with Crippen LogP contribution in [-0.2, 0) is 9.84 Å². The Kier molecular flexibility index (Phi) is 3.21. The Balaban J connectivity index is 2.27. The highest BCUT2D eigenvalue weighted by molar-refractivity contribution is 9.10. The summed E-state index contributed by atoms with van der Waals surface area (Å²) in [5.74, 6) is 1.24. The summed E-state index contributed by atoms with van der Waals surface area (Å²) >= 11 is 3.43. The van der Waals surface area contributed by atoms with E-state index >= 15 is 0 Å². The molecular weight excluding hydrogens is 292 g/mol. The van der Waals surface area contributed by atoms with Crippen molar-refractivity contribution in [3.63, 3.8) is 0 Å². The molecule has 1 saturated heterocycles. The third-order valence-corrected chi connectivity index (χ3v) is 5.10. The fourth-order valence-corrected chi connectivity index (χ4v) is 3.94. The lowest BCUT2D eigenvalue weighted by Crippen LogP contribution is -2.47. The highest BCUT2D eigenvalue weighted by Crippen LogP contribution is 2.26. The van der Waals surface area contributed by atoms with Crippen LogP contribution in [-0.4, -0.2) is 37.5 Å². The Morgan fingerprint density at radius 2 is 2.31 bits per heavy atom. The van der Waals surface area contributed by atoms with E-state index in [9.17, 15) is 8.42 Å². The van der Waals surface area contributed by atoms with Crippen LogP contribution >= 0.6 is 15.9 Å². The maximum Gasteiger partial charge on any atom is 0.154 e. The molecule has 0 N–H and O–H groups in total. The number of hydrogen-bond acceptors (Lipinski definition) is 4. The topological polar surface area (TPSA) is 50.3 Å². The van der Waals surface area contributed by atoms with Crippen LogP contribution in [0.2, 0.25) is 0 Å². The molecule has 0 bridgehead atoms. The Labute approximate surface area is 104 Å². The van der Waals surface area contributed by atoms with Crippen LogP contribution in [0.1, 0.15) is 6.92 Å². The van der Waals surface area contributed by atoms with E-state index in [-0.39, 0.29) is 17.5 Å². The first-order valence-electron chi connectivity index (χ1n) is 5.07. The molecule has 2 heterocycles. The molecule has 0 aliphatic carbocycles. The summed E-state index contributed by atoms with van der Waals surface area (Å²) in [6.07, 6.45) is 1.72. The van der Waals surface area contributed by atoms with E-state index in [1.807, 2.05) is 24.0 Å². The molecule has 4 nitrogen and oxygen atoms in total. The molecule has 2 rings (SSSR count). The van der Waals surface area contributed by atoms with Gasteiger partial charge in [0.05, 0.1) is 16.0 Å². The lowest BCUT2D eigenvalue weighted by atomic mass is 10.3. The second-order valence-corrected chi connectivity index (χ2v) is 7.05. The number of hydrogen-bond donors (Lipinski definition) is 0.